The minimum Gasteiger partial charge on any atom is -0.321 e. The van der Waals surface area contributed by atoms with Gasteiger partial charge in [-0.3, -0.25) is 14.4 Å². The van der Waals surface area contributed by atoms with E-state index in [2.05, 4.69) is 34.8 Å². The van der Waals surface area contributed by atoms with Crippen molar-refractivity contribution in [2.24, 2.45) is 0 Å². The summed E-state index contributed by atoms with van der Waals surface area (Å²) < 4.78 is 0. The maximum absolute atomic E-state index is 13.7. The number of hydrogen-bond acceptors (Lipinski definition) is 6. The van der Waals surface area contributed by atoms with Crippen LogP contribution in [0.15, 0.2) is 143 Å². The van der Waals surface area contributed by atoms with Crippen LogP contribution in [-0.4, -0.2) is 22.7 Å². The van der Waals surface area contributed by atoms with Gasteiger partial charge in [0.15, 0.2) is 5.13 Å². The molecule has 0 saturated carbocycles. The van der Waals surface area contributed by atoms with Gasteiger partial charge in [-0.2, -0.15) is 0 Å². The van der Waals surface area contributed by atoms with E-state index in [0.29, 0.717) is 38.0 Å². The van der Waals surface area contributed by atoms with Crippen molar-refractivity contribution in [1.82, 2.24) is 10.3 Å². The lowest BCUT2D eigenvalue weighted by atomic mass is 10.0. The number of thiazole rings is 1. The van der Waals surface area contributed by atoms with Crippen LogP contribution in [0.4, 0.5) is 10.8 Å². The van der Waals surface area contributed by atoms with E-state index in [1.807, 2.05) is 78.2 Å². The number of thioether (sulfide) groups is 1. The summed E-state index contributed by atoms with van der Waals surface area (Å²) in [6, 6.07) is 38.5. The van der Waals surface area contributed by atoms with Crippen LogP contribution in [0.2, 0.25) is 10.0 Å². The summed E-state index contributed by atoms with van der Waals surface area (Å²) in [4.78, 5) is 45.9. The van der Waals surface area contributed by atoms with Gasteiger partial charge in [-0.25, -0.2) is 4.98 Å². The number of benzene rings is 5. The summed E-state index contributed by atoms with van der Waals surface area (Å²) in [6.07, 6.45) is 1.66. The van der Waals surface area contributed by atoms with Gasteiger partial charge in [-0.1, -0.05) is 110 Å². The molecule has 1 heterocycles. The molecule has 3 amide bonds. The molecule has 0 radical (unpaired) electrons. The second-order valence-electron chi connectivity index (χ2n) is 12.2. The monoisotopic (exact) mass is 776 g/mol. The Hall–Kier alpha value is -5.19. The van der Waals surface area contributed by atoms with E-state index in [0.717, 1.165) is 21.6 Å². The third-order valence-corrected chi connectivity index (χ3v) is 10.7. The fourth-order valence-electron chi connectivity index (χ4n) is 5.26. The zero-order chi connectivity index (χ0) is 37.3. The number of amides is 3. The minimum atomic E-state index is -0.604. The summed E-state index contributed by atoms with van der Waals surface area (Å²) in [6.45, 7) is 4.23. The molecule has 1 aromatic heterocycles. The molecule has 1 unspecified atom stereocenters. The number of carbonyl (C=O) groups excluding carboxylic acids is 3. The van der Waals surface area contributed by atoms with Crippen molar-refractivity contribution in [2.75, 3.05) is 10.6 Å². The Morgan fingerprint density at radius 2 is 1.45 bits per heavy atom. The number of hydrogen-bond donors (Lipinski definition) is 3. The largest absolute Gasteiger partial charge is 0.321 e. The van der Waals surface area contributed by atoms with Gasteiger partial charge in [-0.05, 0) is 83.3 Å². The van der Waals surface area contributed by atoms with Crippen LogP contribution in [0.3, 0.4) is 0 Å². The van der Waals surface area contributed by atoms with Gasteiger partial charge < -0.3 is 16.0 Å². The Balaban J connectivity index is 1.17. The van der Waals surface area contributed by atoms with Gasteiger partial charge in [0.05, 0.1) is 10.7 Å². The zero-order valence-electron chi connectivity index (χ0n) is 28.7. The van der Waals surface area contributed by atoms with Crippen molar-refractivity contribution in [3.05, 3.63) is 171 Å². The van der Waals surface area contributed by atoms with Gasteiger partial charge in [0.1, 0.15) is 10.9 Å². The van der Waals surface area contributed by atoms with Crippen LogP contribution in [0.25, 0.3) is 17.3 Å². The van der Waals surface area contributed by atoms with Crippen molar-refractivity contribution in [1.29, 1.82) is 0 Å². The van der Waals surface area contributed by atoms with E-state index in [4.69, 9.17) is 23.2 Å². The number of carbonyl (C=O) groups is 3. The highest BCUT2D eigenvalue weighted by Gasteiger charge is 2.24. The fourth-order valence-corrected chi connectivity index (χ4v) is 7.50. The standard InChI is InChI=1S/C42H34Cl2N4O3S2/c1-26(2)28-15-13-27(14-16-28)23-36(46-39(49)30-11-7-4-8-12-30)40(50)45-32-18-20-33(21-19-32)53-38(29-9-5-3-6-10-29)41(51)48-42-47-37(25-52-42)34-22-17-31(43)24-35(34)44/h3-26,38H,1-2H3,(H,45,50)(H,46,49)(H,47,48,51)/b36-23-. The van der Waals surface area contributed by atoms with Crippen LogP contribution in [0.1, 0.15) is 52.1 Å². The molecule has 0 aliphatic rings. The number of anilines is 2. The molecule has 11 heteroatoms. The summed E-state index contributed by atoms with van der Waals surface area (Å²) in [5.41, 5.74) is 5.16. The molecule has 0 spiro atoms. The predicted octanol–water partition coefficient (Wildman–Crippen LogP) is 11.1. The van der Waals surface area contributed by atoms with E-state index in [-0.39, 0.29) is 11.6 Å². The van der Waals surface area contributed by atoms with E-state index >= 15 is 0 Å². The Morgan fingerprint density at radius 1 is 0.774 bits per heavy atom. The molecule has 0 aliphatic heterocycles. The van der Waals surface area contributed by atoms with Crippen molar-refractivity contribution >= 4 is 80.9 Å². The fraction of sp³-hybridized carbons (Fsp3) is 0.0952. The zero-order valence-corrected chi connectivity index (χ0v) is 31.8. The molecule has 0 fully saturated rings. The lowest BCUT2D eigenvalue weighted by molar-refractivity contribution is -0.116. The molecule has 0 bridgehead atoms. The topological polar surface area (TPSA) is 100 Å². The second kappa shape index (κ2) is 17.6. The Labute approximate surface area is 326 Å². The number of nitrogens with one attached hydrogen (secondary N) is 3. The average molecular weight is 778 g/mol. The molecule has 1 atom stereocenters. The second-order valence-corrected chi connectivity index (χ2v) is 15.1. The van der Waals surface area contributed by atoms with Gasteiger partial charge in [-0.15, -0.1) is 23.1 Å². The van der Waals surface area contributed by atoms with Crippen LogP contribution in [0.5, 0.6) is 0 Å². The number of rotatable bonds is 12. The Morgan fingerprint density at radius 3 is 2.11 bits per heavy atom. The normalized spacial score (nSPS) is 11.9. The van der Waals surface area contributed by atoms with Gasteiger partial charge in [0.25, 0.3) is 11.8 Å². The first kappa shape index (κ1) is 37.6. The summed E-state index contributed by atoms with van der Waals surface area (Å²) in [7, 11) is 0. The van der Waals surface area contributed by atoms with Crippen molar-refractivity contribution < 1.29 is 14.4 Å². The summed E-state index contributed by atoms with van der Waals surface area (Å²) in [5, 5.41) is 11.3. The quantitative estimate of drug-likeness (QED) is 0.0849. The van der Waals surface area contributed by atoms with E-state index in [1.165, 1.54) is 28.7 Å². The molecule has 0 aliphatic carbocycles. The molecule has 6 rings (SSSR count). The average Bonchev–Trinajstić information content (AvgIpc) is 3.62. The number of aromatic nitrogens is 1. The molecule has 6 aromatic rings. The van der Waals surface area contributed by atoms with Crippen molar-refractivity contribution in [3.63, 3.8) is 0 Å². The molecule has 5 aromatic carbocycles. The highest BCUT2D eigenvalue weighted by molar-refractivity contribution is 8.00. The van der Waals surface area contributed by atoms with E-state index in [1.54, 1.807) is 60.7 Å². The molecule has 266 valence electrons. The van der Waals surface area contributed by atoms with Gasteiger partial charge in [0, 0.05) is 32.1 Å². The number of nitrogens with zero attached hydrogens (tertiary/aromatic N) is 1. The third kappa shape index (κ3) is 10.0. The smallest absolute Gasteiger partial charge is 0.272 e. The van der Waals surface area contributed by atoms with Crippen LogP contribution in [-0.2, 0) is 9.59 Å². The van der Waals surface area contributed by atoms with Crippen LogP contribution in [0, 0.1) is 0 Å². The summed E-state index contributed by atoms with van der Waals surface area (Å²) >= 11 is 15.1. The number of halogens is 2. The highest BCUT2D eigenvalue weighted by Crippen LogP contribution is 2.38. The molecule has 53 heavy (non-hydrogen) atoms. The van der Waals surface area contributed by atoms with Gasteiger partial charge >= 0.3 is 0 Å². The first-order chi connectivity index (χ1) is 25.6. The molecular formula is C42H34Cl2N4O3S2. The maximum atomic E-state index is 13.7. The van der Waals surface area contributed by atoms with Crippen LogP contribution < -0.4 is 16.0 Å². The molecular weight excluding hydrogens is 744 g/mol. The summed E-state index contributed by atoms with van der Waals surface area (Å²) in [5.74, 6) is -0.761. The predicted molar refractivity (Wildman–Crippen MR) is 219 cm³/mol. The third-order valence-electron chi connectivity index (χ3n) is 8.09. The SMILES string of the molecule is CC(C)c1ccc(/C=C(\NC(=O)c2ccccc2)C(=O)Nc2ccc(SC(C(=O)Nc3nc(-c4ccc(Cl)cc4Cl)cs3)c3ccccc3)cc2)cc1. The lowest BCUT2D eigenvalue weighted by Gasteiger charge is -2.17. The highest BCUT2D eigenvalue weighted by atomic mass is 35.5. The molecule has 3 N–H and O–H groups in total. The Kier molecular flexibility index (Phi) is 12.4. The van der Waals surface area contributed by atoms with E-state index < -0.39 is 17.1 Å². The minimum absolute atomic E-state index is 0.0964. The first-order valence-electron chi connectivity index (χ1n) is 16.7. The van der Waals surface area contributed by atoms with Crippen molar-refractivity contribution in [3.8, 4) is 11.3 Å². The van der Waals surface area contributed by atoms with E-state index in [9.17, 15) is 14.4 Å². The molecule has 7 nitrogen and oxygen atoms in total. The first-order valence-corrected chi connectivity index (χ1v) is 19.2. The van der Waals surface area contributed by atoms with Crippen molar-refractivity contribution in [2.45, 2.75) is 29.9 Å². The van der Waals surface area contributed by atoms with Crippen LogP contribution >= 0.6 is 46.3 Å². The Bertz CT molecular complexity index is 2240. The maximum Gasteiger partial charge on any atom is 0.272 e. The molecule has 0 saturated heterocycles. The van der Waals surface area contributed by atoms with Gasteiger partial charge in [0.2, 0.25) is 5.91 Å². The lowest BCUT2D eigenvalue weighted by Crippen LogP contribution is -2.30.